The summed E-state index contributed by atoms with van der Waals surface area (Å²) in [5.41, 5.74) is 0. The second kappa shape index (κ2) is 33.0. The first-order valence-electron chi connectivity index (χ1n) is 20.6. The molecule has 5 heteroatoms. The van der Waals surface area contributed by atoms with Gasteiger partial charge in [-0.05, 0) is 104 Å². The van der Waals surface area contributed by atoms with Gasteiger partial charge in [0.15, 0.2) is 0 Å². The first-order chi connectivity index (χ1) is 24.0. The number of hydrogen-bond donors (Lipinski definition) is 0. The molecule has 49 heavy (non-hydrogen) atoms. The van der Waals surface area contributed by atoms with E-state index < -0.39 is 0 Å². The van der Waals surface area contributed by atoms with Crippen LogP contribution in [0.5, 0.6) is 0 Å². The van der Waals surface area contributed by atoms with Crippen molar-refractivity contribution in [3.63, 3.8) is 0 Å². The average Bonchev–Trinajstić information content (AvgIpc) is 3.08. The molecule has 1 aliphatic carbocycles. The van der Waals surface area contributed by atoms with Crippen molar-refractivity contribution in [3.05, 3.63) is 48.6 Å². The summed E-state index contributed by atoms with van der Waals surface area (Å²) in [5, 5.41) is 0. The molecule has 5 nitrogen and oxygen atoms in total. The third-order valence-corrected chi connectivity index (χ3v) is 9.66. The van der Waals surface area contributed by atoms with Gasteiger partial charge in [-0.25, -0.2) is 0 Å². The van der Waals surface area contributed by atoms with Crippen molar-refractivity contribution in [1.29, 1.82) is 0 Å². The summed E-state index contributed by atoms with van der Waals surface area (Å²) in [6, 6.07) is 0.338. The molecule has 0 aromatic carbocycles. The van der Waals surface area contributed by atoms with Crippen molar-refractivity contribution in [2.45, 2.75) is 205 Å². The van der Waals surface area contributed by atoms with Crippen LogP contribution in [0.3, 0.4) is 0 Å². The summed E-state index contributed by atoms with van der Waals surface area (Å²) in [4.78, 5) is 27.7. The van der Waals surface area contributed by atoms with Gasteiger partial charge in [-0.15, -0.1) is 0 Å². The Hall–Kier alpha value is -2.14. The van der Waals surface area contributed by atoms with Crippen molar-refractivity contribution >= 4 is 11.9 Å². The minimum Gasteiger partial charge on any atom is -0.458 e. The van der Waals surface area contributed by atoms with Crippen LogP contribution in [0.2, 0.25) is 0 Å². The summed E-state index contributed by atoms with van der Waals surface area (Å²) in [6.45, 7) is 4.49. The number of carbonyl (C=O) groups excluding carboxylic acids is 2. The standard InChI is InChI=1S/C44H77NO4/c1-5-7-9-11-13-15-17-19-21-23-25-27-29-31-33-35-43(46)48-41-38-37-40(45(3)4)39-42(41)49-44(47)36-34-32-30-28-26-24-22-20-18-16-14-12-10-8-6-2/h13-16,19-22,40-42H,5-12,17-18,23-39H2,1-4H3/b15-13-,16-14-,21-19-,22-20-/t40-,41-,42+/m1/s1. The van der Waals surface area contributed by atoms with Gasteiger partial charge in [0.2, 0.25) is 0 Å². The highest BCUT2D eigenvalue weighted by Crippen LogP contribution is 2.28. The van der Waals surface area contributed by atoms with Gasteiger partial charge in [-0.1, -0.05) is 127 Å². The van der Waals surface area contributed by atoms with Gasteiger partial charge < -0.3 is 14.4 Å². The average molecular weight is 684 g/mol. The Morgan fingerprint density at radius 2 is 0.898 bits per heavy atom. The molecule has 3 atom stereocenters. The smallest absolute Gasteiger partial charge is 0.306 e. The third-order valence-electron chi connectivity index (χ3n) is 9.66. The molecule has 0 bridgehead atoms. The highest BCUT2D eigenvalue weighted by atomic mass is 16.6. The molecular weight excluding hydrogens is 606 g/mol. The van der Waals surface area contributed by atoms with E-state index in [0.717, 1.165) is 83.5 Å². The molecular formula is C44H77NO4. The van der Waals surface area contributed by atoms with Crippen LogP contribution in [0, 0.1) is 0 Å². The van der Waals surface area contributed by atoms with Gasteiger partial charge in [0.05, 0.1) is 0 Å². The summed E-state index contributed by atoms with van der Waals surface area (Å²) in [6.07, 6.45) is 46.6. The lowest BCUT2D eigenvalue weighted by Crippen LogP contribution is -2.46. The van der Waals surface area contributed by atoms with Crippen LogP contribution >= 0.6 is 0 Å². The fraction of sp³-hybridized carbons (Fsp3) is 0.773. The number of allylic oxidation sites excluding steroid dienone is 8. The quantitative estimate of drug-likeness (QED) is 0.0413. The fourth-order valence-corrected chi connectivity index (χ4v) is 6.43. The van der Waals surface area contributed by atoms with Crippen LogP contribution in [-0.4, -0.2) is 49.2 Å². The van der Waals surface area contributed by atoms with Crippen LogP contribution in [0.1, 0.15) is 187 Å². The summed E-state index contributed by atoms with van der Waals surface area (Å²) in [7, 11) is 4.14. The number of hydrogen-bond acceptors (Lipinski definition) is 5. The molecule has 0 saturated heterocycles. The molecule has 282 valence electrons. The van der Waals surface area contributed by atoms with Gasteiger partial charge in [-0.3, -0.25) is 9.59 Å². The van der Waals surface area contributed by atoms with E-state index in [9.17, 15) is 9.59 Å². The normalized spacial score (nSPS) is 18.5. The minimum atomic E-state index is -0.347. The molecule has 1 rings (SSSR count). The Kier molecular flexibility index (Phi) is 30.3. The number of carbonyl (C=O) groups is 2. The van der Waals surface area contributed by atoms with Crippen molar-refractivity contribution in [2.24, 2.45) is 0 Å². The minimum absolute atomic E-state index is 0.145. The van der Waals surface area contributed by atoms with Crippen molar-refractivity contribution in [3.8, 4) is 0 Å². The van der Waals surface area contributed by atoms with Crippen LogP contribution in [0.25, 0.3) is 0 Å². The maximum atomic E-state index is 12.8. The lowest BCUT2D eigenvalue weighted by Gasteiger charge is -2.37. The topological polar surface area (TPSA) is 55.8 Å². The number of nitrogens with zero attached hydrogens (tertiary/aromatic N) is 1. The monoisotopic (exact) mass is 684 g/mol. The van der Waals surface area contributed by atoms with E-state index in [1.165, 1.54) is 77.0 Å². The summed E-state index contributed by atoms with van der Waals surface area (Å²) in [5.74, 6) is -0.293. The number of esters is 2. The molecule has 0 spiro atoms. The van der Waals surface area contributed by atoms with E-state index in [4.69, 9.17) is 9.47 Å². The summed E-state index contributed by atoms with van der Waals surface area (Å²) < 4.78 is 11.9. The largest absolute Gasteiger partial charge is 0.458 e. The van der Waals surface area contributed by atoms with Crippen LogP contribution in [0.15, 0.2) is 48.6 Å². The molecule has 1 saturated carbocycles. The lowest BCUT2D eigenvalue weighted by molar-refractivity contribution is -0.174. The van der Waals surface area contributed by atoms with Gasteiger partial charge in [0, 0.05) is 25.3 Å². The van der Waals surface area contributed by atoms with Crippen molar-refractivity contribution in [1.82, 2.24) is 4.90 Å². The molecule has 0 N–H and O–H groups in total. The first kappa shape index (κ1) is 44.9. The highest BCUT2D eigenvalue weighted by Gasteiger charge is 2.36. The summed E-state index contributed by atoms with van der Waals surface area (Å²) >= 11 is 0. The predicted molar refractivity (Wildman–Crippen MR) is 210 cm³/mol. The predicted octanol–water partition coefficient (Wildman–Crippen LogP) is 12.6. The zero-order chi connectivity index (χ0) is 35.6. The molecule has 0 radical (unpaired) electrons. The number of unbranched alkanes of at least 4 members (excludes halogenated alkanes) is 16. The van der Waals surface area contributed by atoms with Gasteiger partial charge >= 0.3 is 11.9 Å². The molecule has 0 amide bonds. The lowest BCUT2D eigenvalue weighted by atomic mass is 9.89. The van der Waals surface area contributed by atoms with E-state index in [1.54, 1.807) is 0 Å². The van der Waals surface area contributed by atoms with E-state index in [2.05, 4.69) is 81.5 Å². The Morgan fingerprint density at radius 3 is 1.33 bits per heavy atom. The zero-order valence-corrected chi connectivity index (χ0v) is 32.5. The SMILES string of the molecule is CCCCC/C=C\C/C=C\CCCCCCCC(=O)O[C@H]1C[C@H](N(C)C)CC[C@H]1OC(=O)CCCCCCC/C=C\C/C=C\CCCCC. The Morgan fingerprint density at radius 1 is 0.510 bits per heavy atom. The van der Waals surface area contributed by atoms with Crippen LogP contribution < -0.4 is 0 Å². The van der Waals surface area contributed by atoms with E-state index in [1.807, 2.05) is 0 Å². The van der Waals surface area contributed by atoms with Gasteiger partial charge in [-0.2, -0.15) is 0 Å². The highest BCUT2D eigenvalue weighted by molar-refractivity contribution is 5.70. The van der Waals surface area contributed by atoms with Crippen LogP contribution in [0.4, 0.5) is 0 Å². The van der Waals surface area contributed by atoms with Gasteiger partial charge in [0.1, 0.15) is 12.2 Å². The number of ether oxygens (including phenoxy) is 2. The molecule has 0 aromatic rings. The third kappa shape index (κ3) is 27.3. The Balaban J connectivity index is 2.19. The molecule has 1 aliphatic rings. The van der Waals surface area contributed by atoms with Crippen LogP contribution in [-0.2, 0) is 19.1 Å². The van der Waals surface area contributed by atoms with E-state index >= 15 is 0 Å². The maximum Gasteiger partial charge on any atom is 0.306 e. The van der Waals surface area contributed by atoms with Crippen molar-refractivity contribution < 1.29 is 19.1 Å². The molecule has 1 fully saturated rings. The molecule has 0 unspecified atom stereocenters. The Labute approximate surface area is 303 Å². The van der Waals surface area contributed by atoms with Gasteiger partial charge in [0.25, 0.3) is 0 Å². The Bertz CT molecular complexity index is 905. The fourth-order valence-electron chi connectivity index (χ4n) is 6.43. The number of rotatable bonds is 31. The second-order valence-electron chi connectivity index (χ2n) is 14.4. The first-order valence-corrected chi connectivity index (χ1v) is 20.6. The molecule has 0 aromatic heterocycles. The van der Waals surface area contributed by atoms with E-state index in [0.29, 0.717) is 18.9 Å². The van der Waals surface area contributed by atoms with E-state index in [-0.39, 0.29) is 24.1 Å². The maximum absolute atomic E-state index is 12.8. The zero-order valence-electron chi connectivity index (χ0n) is 32.5. The second-order valence-corrected chi connectivity index (χ2v) is 14.4. The van der Waals surface area contributed by atoms with Crippen molar-refractivity contribution in [2.75, 3.05) is 14.1 Å². The molecule has 0 aliphatic heterocycles. The molecule has 0 heterocycles.